The van der Waals surface area contributed by atoms with Crippen LogP contribution in [0, 0.1) is 14.5 Å². The summed E-state index contributed by atoms with van der Waals surface area (Å²) in [4.78, 5) is 1.17. The summed E-state index contributed by atoms with van der Waals surface area (Å²) < 4.78 is 0. The van der Waals surface area contributed by atoms with E-state index in [4.69, 9.17) is 0 Å². The monoisotopic (exact) mass is 163 g/mol. The fourth-order valence-corrected chi connectivity index (χ4v) is 0. The molecule has 0 bridgehead atoms. The second-order valence-corrected chi connectivity index (χ2v) is 1.21. The normalized spacial score (nSPS) is 6.00. The van der Waals surface area contributed by atoms with Crippen molar-refractivity contribution in [2.45, 2.75) is 0 Å². The third-order valence-electron chi connectivity index (χ3n) is 0. The second kappa shape index (κ2) is 9.42. The summed E-state index contributed by atoms with van der Waals surface area (Å²) >= 11 is 0. The Hall–Kier alpha value is 1.06. The number of rotatable bonds is 0. The number of nitrogens with one attached hydrogen (secondary N) is 1. The van der Waals surface area contributed by atoms with Gasteiger partial charge in [-0.05, 0) is 0 Å². The molecule has 2 heteroatoms. The predicted molar refractivity (Wildman–Crippen MR) is 24.6 cm³/mol. The molecule has 0 aromatic heterocycles. The molecule has 34 valence electrons. The van der Waals surface area contributed by atoms with Crippen molar-refractivity contribution in [1.82, 2.24) is 0 Å². The van der Waals surface area contributed by atoms with Crippen LogP contribution in [0.3, 0.4) is 0 Å². The van der Waals surface area contributed by atoms with Gasteiger partial charge in [-0.2, -0.15) is 7.05 Å². The van der Waals surface area contributed by atoms with E-state index in [1.54, 1.807) is 0 Å². The van der Waals surface area contributed by atoms with Crippen molar-refractivity contribution in [3.63, 3.8) is 0 Å². The van der Waals surface area contributed by atoms with Gasteiger partial charge in [0.05, 0.1) is 0 Å². The van der Waals surface area contributed by atoms with Crippen LogP contribution in [0.1, 0.15) is 0 Å². The molecule has 0 rings (SSSR count). The zero-order valence-electron chi connectivity index (χ0n) is 4.78. The van der Waals surface area contributed by atoms with Crippen LogP contribution >= 0.6 is 0 Å². The van der Waals surface area contributed by atoms with E-state index in [0.29, 0.717) is 0 Å². The smallest absolute Gasteiger partial charge is 0.473 e. The number of quaternary nitrogens is 1. The Morgan fingerprint density at radius 3 is 1.33 bits per heavy atom. The first kappa shape index (κ1) is 15.7. The molecule has 0 aliphatic rings. The molecule has 0 fully saturated rings. The van der Waals surface area contributed by atoms with E-state index < -0.39 is 0 Å². The van der Waals surface area contributed by atoms with E-state index >= 15 is 0 Å². The van der Waals surface area contributed by atoms with Crippen molar-refractivity contribution in [2.75, 3.05) is 14.1 Å². The van der Waals surface area contributed by atoms with Crippen LogP contribution in [0.25, 0.3) is 0 Å². The molecule has 0 radical (unpaired) electrons. The van der Waals surface area contributed by atoms with E-state index in [1.807, 2.05) is 14.1 Å². The Morgan fingerprint density at radius 1 is 1.33 bits per heavy atom. The Bertz CT molecular complexity index is 12.3. The van der Waals surface area contributed by atoms with Gasteiger partial charge in [0, 0.05) is 14.1 Å². The second-order valence-electron chi connectivity index (χ2n) is 1.21. The summed E-state index contributed by atoms with van der Waals surface area (Å²) in [6, 6.07) is 0. The molecule has 0 aromatic rings. The molecule has 0 amide bonds. The first-order valence-corrected chi connectivity index (χ1v) is 1.35. The average molecular weight is 163 g/mol. The minimum absolute atomic E-state index is 0. The summed E-state index contributed by atoms with van der Waals surface area (Å²) in [5.74, 6) is 0. The summed E-state index contributed by atoms with van der Waals surface area (Å²) in [6.45, 7) is 0. The van der Waals surface area contributed by atoms with Crippen molar-refractivity contribution in [2.24, 2.45) is 0 Å². The minimum atomic E-state index is 0. The van der Waals surface area contributed by atoms with E-state index in [-0.39, 0.29) is 40.1 Å². The molecule has 0 saturated carbocycles. The van der Waals surface area contributed by atoms with E-state index in [9.17, 15) is 0 Å². The van der Waals surface area contributed by atoms with E-state index in [0.717, 1.165) is 0 Å². The first-order valence-electron chi connectivity index (χ1n) is 1.35. The molecule has 0 aliphatic carbocycles. The number of hydrogen-bond acceptors (Lipinski definition) is 0. The fraction of sp³-hybridized carbons (Fsp3) is 0.500. The van der Waals surface area contributed by atoms with Gasteiger partial charge in [-0.25, -0.2) is 0 Å². The van der Waals surface area contributed by atoms with Gasteiger partial charge < -0.3 is 12.3 Å². The Labute approximate surface area is 66.0 Å². The molecule has 0 atom stereocenters. The Morgan fingerprint density at radius 2 is 1.33 bits per heavy atom. The van der Waals surface area contributed by atoms with E-state index in [1.165, 1.54) is 4.90 Å². The van der Waals surface area contributed by atoms with Crippen LogP contribution in [0.4, 0.5) is 0 Å². The molecule has 0 aliphatic heterocycles. The molecule has 1 N–H and O–H groups in total. The van der Waals surface area contributed by atoms with Crippen LogP contribution < -0.4 is 4.90 Å². The van der Waals surface area contributed by atoms with Gasteiger partial charge >= 0.3 is 32.7 Å². The Balaban J connectivity index is -0.0000000450. The minimum Gasteiger partial charge on any atom is -0.473 e. The Kier molecular flexibility index (Phi) is 24.7. The van der Waals surface area contributed by atoms with Crippen LogP contribution in [-0.2, 0) is 32.7 Å². The van der Waals surface area contributed by atoms with Crippen LogP contribution in [0.15, 0.2) is 0 Å². The third-order valence-corrected chi connectivity index (χ3v) is 0. The standard InChI is InChI=1S/C3H9N.CH3.Y/c1-4(2)3;;/h4H,1H2,2-3H3;1H3;/q;-1;+3. The molecule has 0 heterocycles. The summed E-state index contributed by atoms with van der Waals surface area (Å²) in [5, 5.41) is 0. The van der Waals surface area contributed by atoms with Crippen LogP contribution in [0.2, 0.25) is 0 Å². The molecule has 1 nitrogen and oxygen atoms in total. The van der Waals surface area contributed by atoms with Crippen LogP contribution in [0.5, 0.6) is 0 Å². The van der Waals surface area contributed by atoms with Gasteiger partial charge in [-0.15, -0.1) is 0 Å². The summed E-state index contributed by atoms with van der Waals surface area (Å²) in [6.07, 6.45) is 0. The van der Waals surface area contributed by atoms with E-state index in [2.05, 4.69) is 7.05 Å². The zero-order chi connectivity index (χ0) is 3.58. The van der Waals surface area contributed by atoms with Gasteiger partial charge in [-0.1, -0.05) is 0 Å². The predicted octanol–water partition coefficient (Wildman–Crippen LogP) is -0.630. The van der Waals surface area contributed by atoms with Crippen LogP contribution in [-0.4, -0.2) is 14.1 Å². The third kappa shape index (κ3) is 73.9. The maximum absolute atomic E-state index is 3.56. The maximum Gasteiger partial charge on any atom is 3.00 e. The quantitative estimate of drug-likeness (QED) is 0.453. The molecule has 0 saturated heterocycles. The van der Waals surface area contributed by atoms with Crippen molar-refractivity contribution in [3.05, 3.63) is 14.5 Å². The van der Waals surface area contributed by atoms with Gasteiger partial charge in [-0.3, -0.25) is 0 Å². The molecule has 0 spiro atoms. The SMILES string of the molecule is [CH2-][NH+](C)C.[CH3-].[Y+3]. The van der Waals surface area contributed by atoms with Gasteiger partial charge in [0.2, 0.25) is 0 Å². The van der Waals surface area contributed by atoms with Crippen molar-refractivity contribution < 1.29 is 37.6 Å². The van der Waals surface area contributed by atoms with Crippen molar-refractivity contribution >= 4 is 0 Å². The fourth-order valence-electron chi connectivity index (χ4n) is 0. The topological polar surface area (TPSA) is 4.44 Å². The van der Waals surface area contributed by atoms with Crippen molar-refractivity contribution in [1.29, 1.82) is 0 Å². The molecule has 0 aromatic carbocycles. The van der Waals surface area contributed by atoms with Crippen molar-refractivity contribution in [3.8, 4) is 0 Å². The number of hydrogen-bond donors (Lipinski definition) is 1. The average Bonchev–Trinajstić information content (AvgIpc) is 0.811. The maximum atomic E-state index is 3.56. The summed E-state index contributed by atoms with van der Waals surface area (Å²) in [5.41, 5.74) is 0. The van der Waals surface area contributed by atoms with Gasteiger partial charge in [0.1, 0.15) is 0 Å². The molecule has 0 unspecified atom stereocenters. The van der Waals surface area contributed by atoms with Gasteiger partial charge in [0.25, 0.3) is 0 Å². The molecule has 6 heavy (non-hydrogen) atoms. The molecular weight excluding hydrogens is 151 g/mol. The summed E-state index contributed by atoms with van der Waals surface area (Å²) in [7, 11) is 7.50. The zero-order valence-corrected chi connectivity index (χ0v) is 7.62. The molecular formula is C4H12NY+2. The largest absolute Gasteiger partial charge is 3.00 e. The first-order chi connectivity index (χ1) is 1.73. The van der Waals surface area contributed by atoms with Gasteiger partial charge in [0.15, 0.2) is 0 Å².